The van der Waals surface area contributed by atoms with Crippen LogP contribution in [0.4, 0.5) is 11.8 Å². The number of amides is 1. The molecule has 7 heteroatoms. The van der Waals surface area contributed by atoms with Crippen LogP contribution in [0.3, 0.4) is 0 Å². The van der Waals surface area contributed by atoms with Crippen molar-refractivity contribution in [2.45, 2.75) is 69.6 Å². The Bertz CT molecular complexity index is 580. The quantitative estimate of drug-likeness (QED) is 0.634. The van der Waals surface area contributed by atoms with Crippen molar-refractivity contribution >= 4 is 17.7 Å². The number of hydrogen-bond donors (Lipinski definition) is 4. The van der Waals surface area contributed by atoms with Gasteiger partial charge in [0.15, 0.2) is 0 Å². The van der Waals surface area contributed by atoms with E-state index in [-0.39, 0.29) is 17.7 Å². The molecule has 0 bridgehead atoms. The van der Waals surface area contributed by atoms with Crippen molar-refractivity contribution in [1.29, 1.82) is 0 Å². The molecule has 2 aliphatic rings. The highest BCUT2D eigenvalue weighted by molar-refractivity contribution is 5.97. The van der Waals surface area contributed by atoms with Crippen LogP contribution >= 0.6 is 0 Å². The van der Waals surface area contributed by atoms with E-state index in [0.717, 1.165) is 44.9 Å². The van der Waals surface area contributed by atoms with Crippen LogP contribution in [0.1, 0.15) is 62.2 Å². The zero-order valence-corrected chi connectivity index (χ0v) is 13.5. The third kappa shape index (κ3) is 3.72. The molecule has 0 aromatic carbocycles. The average Bonchev–Trinajstić information content (AvgIpc) is 3.30. The van der Waals surface area contributed by atoms with E-state index < -0.39 is 5.91 Å². The molecule has 1 heterocycles. The molecular weight excluding hydrogens is 294 g/mol. The smallest absolute Gasteiger partial charge is 0.254 e. The molecule has 2 fully saturated rings. The van der Waals surface area contributed by atoms with Gasteiger partial charge in [0.2, 0.25) is 5.95 Å². The third-order valence-electron chi connectivity index (χ3n) is 5.00. The van der Waals surface area contributed by atoms with Crippen molar-refractivity contribution < 1.29 is 9.90 Å². The van der Waals surface area contributed by atoms with Gasteiger partial charge in [-0.15, -0.1) is 0 Å². The van der Waals surface area contributed by atoms with E-state index in [0.29, 0.717) is 17.3 Å². The first-order chi connectivity index (χ1) is 11.0. The highest BCUT2D eigenvalue weighted by atomic mass is 16.3. The maximum Gasteiger partial charge on any atom is 0.254 e. The molecule has 23 heavy (non-hydrogen) atoms. The van der Waals surface area contributed by atoms with Gasteiger partial charge in [-0.3, -0.25) is 4.79 Å². The van der Waals surface area contributed by atoms with Crippen LogP contribution in [-0.4, -0.2) is 38.7 Å². The lowest BCUT2D eigenvalue weighted by atomic mass is 9.93. The van der Waals surface area contributed by atoms with Crippen LogP contribution in [0.2, 0.25) is 0 Å². The molecule has 5 N–H and O–H groups in total. The topological polar surface area (TPSA) is 113 Å². The predicted octanol–water partition coefficient (Wildman–Crippen LogP) is 1.65. The summed E-state index contributed by atoms with van der Waals surface area (Å²) < 4.78 is 0. The molecule has 7 nitrogen and oxygen atoms in total. The molecule has 0 atom stereocenters. The minimum atomic E-state index is -0.522. The number of primary amides is 1. The molecule has 1 aromatic rings. The summed E-state index contributed by atoms with van der Waals surface area (Å²) in [5, 5.41) is 16.3. The highest BCUT2D eigenvalue weighted by Gasteiger charge is 2.41. The number of carbonyl (C=O) groups is 1. The molecule has 1 aromatic heterocycles. The molecule has 1 amide bonds. The molecule has 0 unspecified atom stereocenters. The number of hydrogen-bond acceptors (Lipinski definition) is 6. The largest absolute Gasteiger partial charge is 0.393 e. The standard InChI is InChI=1S/C16H25N5O2/c1-2-16(7-8-16)21-14-12(13(17)23)9-18-15(20-14)19-10-3-5-11(22)6-4-10/h9-11,22H,2-8H2,1H3,(H2,17,23)(H2,18,19,20,21). The first-order valence-corrected chi connectivity index (χ1v) is 8.41. The average molecular weight is 319 g/mol. The summed E-state index contributed by atoms with van der Waals surface area (Å²) in [5.41, 5.74) is 5.81. The number of rotatable bonds is 6. The van der Waals surface area contributed by atoms with Gasteiger partial charge in [-0.1, -0.05) is 6.92 Å². The van der Waals surface area contributed by atoms with E-state index in [9.17, 15) is 9.90 Å². The number of aromatic nitrogens is 2. The van der Waals surface area contributed by atoms with Crippen LogP contribution < -0.4 is 16.4 Å². The Morgan fingerprint density at radius 2 is 2.09 bits per heavy atom. The van der Waals surface area contributed by atoms with E-state index >= 15 is 0 Å². The van der Waals surface area contributed by atoms with Crippen LogP contribution in [-0.2, 0) is 0 Å². The first-order valence-electron chi connectivity index (χ1n) is 8.41. The van der Waals surface area contributed by atoms with E-state index in [1.165, 1.54) is 6.20 Å². The Balaban J connectivity index is 1.75. The Labute approximate surface area is 136 Å². The molecule has 0 aliphatic heterocycles. The van der Waals surface area contributed by atoms with Gasteiger partial charge >= 0.3 is 0 Å². The van der Waals surface area contributed by atoms with Gasteiger partial charge in [-0.25, -0.2) is 4.98 Å². The van der Waals surface area contributed by atoms with Gasteiger partial charge in [0.1, 0.15) is 5.82 Å². The van der Waals surface area contributed by atoms with Gasteiger partial charge in [0, 0.05) is 17.8 Å². The predicted molar refractivity (Wildman–Crippen MR) is 88.3 cm³/mol. The Morgan fingerprint density at radius 1 is 1.39 bits per heavy atom. The molecule has 0 spiro atoms. The van der Waals surface area contributed by atoms with Gasteiger partial charge in [0.25, 0.3) is 5.91 Å². The lowest BCUT2D eigenvalue weighted by molar-refractivity contribution is 0.1000. The molecular formula is C16H25N5O2. The number of carbonyl (C=O) groups excluding carboxylic acids is 1. The number of nitrogens with two attached hydrogens (primary N) is 1. The SMILES string of the molecule is CCC1(Nc2nc(NC3CCC(O)CC3)ncc2C(N)=O)CC1. The normalized spacial score (nSPS) is 25.7. The first kappa shape index (κ1) is 16.0. The zero-order chi connectivity index (χ0) is 16.4. The van der Waals surface area contributed by atoms with Gasteiger partial charge in [0.05, 0.1) is 11.7 Å². The van der Waals surface area contributed by atoms with E-state index in [1.54, 1.807) is 0 Å². The lowest BCUT2D eigenvalue weighted by Crippen LogP contribution is -2.30. The van der Waals surface area contributed by atoms with Gasteiger partial charge in [-0.2, -0.15) is 4.98 Å². The molecule has 126 valence electrons. The number of aliphatic hydroxyl groups excluding tert-OH is 1. The van der Waals surface area contributed by atoms with Crippen LogP contribution in [0.5, 0.6) is 0 Å². The van der Waals surface area contributed by atoms with E-state index in [4.69, 9.17) is 5.73 Å². The lowest BCUT2D eigenvalue weighted by Gasteiger charge is -2.26. The third-order valence-corrected chi connectivity index (χ3v) is 5.00. The van der Waals surface area contributed by atoms with Crippen molar-refractivity contribution in [2.75, 3.05) is 10.6 Å². The van der Waals surface area contributed by atoms with E-state index in [1.807, 2.05) is 0 Å². The number of nitrogens with one attached hydrogen (secondary N) is 2. The monoisotopic (exact) mass is 319 g/mol. The molecule has 0 saturated heterocycles. The minimum Gasteiger partial charge on any atom is -0.393 e. The van der Waals surface area contributed by atoms with Crippen molar-refractivity contribution in [1.82, 2.24) is 9.97 Å². The fourth-order valence-corrected chi connectivity index (χ4v) is 3.10. The van der Waals surface area contributed by atoms with Crippen molar-refractivity contribution in [3.8, 4) is 0 Å². The highest BCUT2D eigenvalue weighted by Crippen LogP contribution is 2.42. The maximum absolute atomic E-state index is 11.6. The second-order valence-corrected chi connectivity index (χ2v) is 6.73. The van der Waals surface area contributed by atoms with Crippen molar-refractivity contribution in [3.63, 3.8) is 0 Å². The summed E-state index contributed by atoms with van der Waals surface area (Å²) in [6, 6.07) is 0.256. The van der Waals surface area contributed by atoms with Crippen LogP contribution in [0.15, 0.2) is 6.20 Å². The fourth-order valence-electron chi connectivity index (χ4n) is 3.10. The van der Waals surface area contributed by atoms with E-state index in [2.05, 4.69) is 27.5 Å². The summed E-state index contributed by atoms with van der Waals surface area (Å²) in [6.45, 7) is 2.12. The molecule has 2 saturated carbocycles. The maximum atomic E-state index is 11.6. The number of aliphatic hydroxyl groups is 1. The zero-order valence-electron chi connectivity index (χ0n) is 13.5. The summed E-state index contributed by atoms with van der Waals surface area (Å²) in [6.07, 6.45) is 7.81. The summed E-state index contributed by atoms with van der Waals surface area (Å²) in [7, 11) is 0. The number of nitrogens with zero attached hydrogens (tertiary/aromatic N) is 2. The Hall–Kier alpha value is -1.89. The Morgan fingerprint density at radius 3 is 2.65 bits per heavy atom. The van der Waals surface area contributed by atoms with Gasteiger partial charge < -0.3 is 21.5 Å². The molecule has 2 aliphatic carbocycles. The molecule has 0 radical (unpaired) electrons. The minimum absolute atomic E-state index is 0.0464. The van der Waals surface area contributed by atoms with Crippen molar-refractivity contribution in [3.05, 3.63) is 11.8 Å². The second-order valence-electron chi connectivity index (χ2n) is 6.73. The fraction of sp³-hybridized carbons (Fsp3) is 0.688. The molecule has 3 rings (SSSR count). The number of anilines is 2. The van der Waals surface area contributed by atoms with Crippen LogP contribution in [0.25, 0.3) is 0 Å². The second kappa shape index (κ2) is 6.31. The van der Waals surface area contributed by atoms with Crippen LogP contribution in [0, 0.1) is 0 Å². The summed E-state index contributed by atoms with van der Waals surface area (Å²) in [5.74, 6) is 0.503. The van der Waals surface area contributed by atoms with Gasteiger partial charge in [-0.05, 0) is 44.9 Å². The Kier molecular flexibility index (Phi) is 4.39. The summed E-state index contributed by atoms with van der Waals surface area (Å²) in [4.78, 5) is 20.3. The summed E-state index contributed by atoms with van der Waals surface area (Å²) >= 11 is 0. The van der Waals surface area contributed by atoms with Crippen molar-refractivity contribution in [2.24, 2.45) is 5.73 Å².